The number of anilines is 1. The predicted octanol–water partition coefficient (Wildman–Crippen LogP) is 2.72. The van der Waals surface area contributed by atoms with Crippen LogP contribution in [0.25, 0.3) is 10.3 Å². The van der Waals surface area contributed by atoms with Crippen molar-refractivity contribution < 1.29 is 9.52 Å². The van der Waals surface area contributed by atoms with Crippen molar-refractivity contribution in [3.63, 3.8) is 0 Å². The van der Waals surface area contributed by atoms with E-state index in [-0.39, 0.29) is 6.54 Å². The normalized spacial score (nSPS) is 14.2. The Kier molecular flexibility index (Phi) is 3.83. The zero-order chi connectivity index (χ0) is 14.9. The van der Waals surface area contributed by atoms with E-state index in [4.69, 9.17) is 4.42 Å². The van der Waals surface area contributed by atoms with Crippen LogP contribution >= 0.6 is 23.1 Å². The molecule has 0 amide bonds. The highest BCUT2D eigenvalue weighted by Crippen LogP contribution is 2.31. The molecule has 21 heavy (non-hydrogen) atoms. The average molecular weight is 322 g/mol. The van der Waals surface area contributed by atoms with Crippen LogP contribution in [-0.4, -0.2) is 32.9 Å². The molecule has 0 radical (unpaired) electrons. The number of nitrogens with one attached hydrogen (secondary N) is 1. The molecule has 0 aliphatic heterocycles. The number of fused-ring (bicyclic) bond motifs is 1. The summed E-state index contributed by atoms with van der Waals surface area (Å²) >= 11 is 3.10. The Morgan fingerprint density at radius 2 is 2.33 bits per heavy atom. The van der Waals surface area contributed by atoms with Crippen molar-refractivity contribution in [2.45, 2.75) is 16.9 Å². The van der Waals surface area contributed by atoms with Crippen LogP contribution in [0.15, 0.2) is 33.5 Å². The van der Waals surface area contributed by atoms with Crippen molar-refractivity contribution in [1.29, 1.82) is 0 Å². The van der Waals surface area contributed by atoms with Crippen LogP contribution in [-0.2, 0) is 5.60 Å². The van der Waals surface area contributed by atoms with Crippen molar-refractivity contribution in [3.05, 3.63) is 30.5 Å². The summed E-state index contributed by atoms with van der Waals surface area (Å²) in [7, 11) is 0. The Morgan fingerprint density at radius 1 is 1.48 bits per heavy atom. The summed E-state index contributed by atoms with van der Waals surface area (Å²) in [5.41, 5.74) is -0.451. The molecule has 8 heteroatoms. The van der Waals surface area contributed by atoms with Crippen LogP contribution in [0.3, 0.4) is 0 Å². The lowest BCUT2D eigenvalue weighted by atomic mass is 10.0. The fourth-order valence-corrected chi connectivity index (χ4v) is 3.35. The molecule has 0 fully saturated rings. The maximum absolute atomic E-state index is 10.4. The Labute approximate surface area is 129 Å². The molecule has 6 nitrogen and oxygen atoms in total. The summed E-state index contributed by atoms with van der Waals surface area (Å²) in [5, 5.41) is 13.6. The maximum Gasteiger partial charge on any atom is 0.176 e. The predicted molar refractivity (Wildman–Crippen MR) is 83.8 cm³/mol. The highest BCUT2D eigenvalue weighted by Gasteiger charge is 2.26. The molecule has 3 rings (SSSR count). The van der Waals surface area contributed by atoms with Gasteiger partial charge in [0.1, 0.15) is 28.2 Å². The minimum absolute atomic E-state index is 0.277. The van der Waals surface area contributed by atoms with E-state index in [1.54, 1.807) is 37.1 Å². The highest BCUT2D eigenvalue weighted by atomic mass is 32.2. The third kappa shape index (κ3) is 2.87. The number of rotatable bonds is 5. The first kappa shape index (κ1) is 14.3. The summed E-state index contributed by atoms with van der Waals surface area (Å²) < 4.78 is 7.08. The minimum atomic E-state index is -1.12. The molecular weight excluding hydrogens is 308 g/mol. The molecule has 1 atom stereocenters. The van der Waals surface area contributed by atoms with Crippen LogP contribution < -0.4 is 5.32 Å². The summed E-state index contributed by atoms with van der Waals surface area (Å²) in [4.78, 5) is 12.8. The lowest BCUT2D eigenvalue weighted by Crippen LogP contribution is -2.30. The Bertz CT molecular complexity index is 740. The molecule has 0 spiro atoms. The minimum Gasteiger partial charge on any atom is -0.466 e. The number of hydrogen-bond donors (Lipinski definition) is 2. The van der Waals surface area contributed by atoms with Crippen LogP contribution in [0.1, 0.15) is 12.7 Å². The van der Waals surface area contributed by atoms with Gasteiger partial charge in [-0.3, -0.25) is 0 Å². The van der Waals surface area contributed by atoms with Crippen LogP contribution in [0.4, 0.5) is 5.82 Å². The number of thioether (sulfide) groups is 1. The van der Waals surface area contributed by atoms with E-state index < -0.39 is 5.60 Å². The molecule has 0 aliphatic carbocycles. The van der Waals surface area contributed by atoms with Gasteiger partial charge < -0.3 is 14.8 Å². The molecule has 110 valence electrons. The molecule has 0 aromatic carbocycles. The molecule has 3 aromatic heterocycles. The topological polar surface area (TPSA) is 84.1 Å². The van der Waals surface area contributed by atoms with Crippen LogP contribution in [0, 0.1) is 0 Å². The first-order chi connectivity index (χ1) is 10.1. The summed E-state index contributed by atoms with van der Waals surface area (Å²) in [6.07, 6.45) is 4.98. The third-order valence-electron chi connectivity index (χ3n) is 3.00. The Hall–Kier alpha value is -1.64. The number of furan rings is 1. The molecule has 3 heterocycles. The molecule has 1 unspecified atom stereocenters. The monoisotopic (exact) mass is 322 g/mol. The van der Waals surface area contributed by atoms with Gasteiger partial charge in [-0.05, 0) is 25.3 Å². The van der Waals surface area contributed by atoms with Gasteiger partial charge in [0.25, 0.3) is 0 Å². The largest absolute Gasteiger partial charge is 0.466 e. The third-order valence-corrected chi connectivity index (χ3v) is 5.03. The molecule has 2 N–H and O–H groups in total. The molecule has 0 bridgehead atoms. The van der Waals surface area contributed by atoms with E-state index in [9.17, 15) is 5.11 Å². The number of nitrogens with zero attached hydrogens (tertiary/aromatic N) is 3. The molecule has 0 saturated carbocycles. The van der Waals surface area contributed by atoms with Crippen molar-refractivity contribution >= 4 is 39.3 Å². The Balaban J connectivity index is 1.83. The van der Waals surface area contributed by atoms with E-state index in [1.807, 2.05) is 6.26 Å². The van der Waals surface area contributed by atoms with Crippen molar-refractivity contribution in [3.8, 4) is 0 Å². The van der Waals surface area contributed by atoms with Gasteiger partial charge in [0.05, 0.1) is 12.8 Å². The molecule has 0 saturated heterocycles. The SMILES string of the molecule is CSc1nc2ncnc(NCC(C)(O)c3ccco3)c2s1. The maximum atomic E-state index is 10.4. The van der Waals surface area contributed by atoms with Crippen molar-refractivity contribution in [2.24, 2.45) is 0 Å². The van der Waals surface area contributed by atoms with Crippen molar-refractivity contribution in [1.82, 2.24) is 15.0 Å². The molecular formula is C13H14N4O2S2. The second-order valence-electron chi connectivity index (χ2n) is 4.66. The first-order valence-electron chi connectivity index (χ1n) is 6.26. The number of aliphatic hydroxyl groups is 1. The Morgan fingerprint density at radius 3 is 3.05 bits per heavy atom. The van der Waals surface area contributed by atoms with E-state index in [0.717, 1.165) is 9.04 Å². The number of aromatic nitrogens is 3. The van der Waals surface area contributed by atoms with Gasteiger partial charge in [0, 0.05) is 0 Å². The molecule has 3 aromatic rings. The second kappa shape index (κ2) is 5.63. The quantitative estimate of drug-likeness (QED) is 0.699. The zero-order valence-corrected chi connectivity index (χ0v) is 13.2. The molecule has 0 aliphatic rings. The fraction of sp³-hybridized carbons (Fsp3) is 0.308. The average Bonchev–Trinajstić information content (AvgIpc) is 3.13. The van der Waals surface area contributed by atoms with E-state index in [2.05, 4.69) is 20.3 Å². The summed E-state index contributed by atoms with van der Waals surface area (Å²) in [6.45, 7) is 1.97. The van der Waals surface area contributed by atoms with Gasteiger partial charge in [0.15, 0.2) is 9.99 Å². The van der Waals surface area contributed by atoms with Gasteiger partial charge in [-0.1, -0.05) is 11.8 Å². The van der Waals surface area contributed by atoms with Gasteiger partial charge >= 0.3 is 0 Å². The van der Waals surface area contributed by atoms with Crippen LogP contribution in [0.2, 0.25) is 0 Å². The van der Waals surface area contributed by atoms with Gasteiger partial charge in [-0.25, -0.2) is 15.0 Å². The first-order valence-corrected chi connectivity index (χ1v) is 8.30. The number of thiazole rings is 1. The summed E-state index contributed by atoms with van der Waals surface area (Å²) in [6, 6.07) is 3.50. The van der Waals surface area contributed by atoms with E-state index >= 15 is 0 Å². The van der Waals surface area contributed by atoms with Crippen molar-refractivity contribution in [2.75, 3.05) is 18.1 Å². The standard InChI is InChI=1S/C13H14N4O2S2/c1-13(18,8-4-3-5-19-8)6-14-10-9-11(16-7-15-10)17-12(20-2)21-9/h3-5,7,18H,6H2,1-2H3,(H,14,15,16). The lowest BCUT2D eigenvalue weighted by molar-refractivity contribution is 0.0476. The smallest absolute Gasteiger partial charge is 0.176 e. The van der Waals surface area contributed by atoms with Gasteiger partial charge in [-0.15, -0.1) is 11.3 Å². The van der Waals surface area contributed by atoms with E-state index in [1.165, 1.54) is 17.7 Å². The van der Waals surface area contributed by atoms with E-state index in [0.29, 0.717) is 17.2 Å². The highest BCUT2D eigenvalue weighted by molar-refractivity contribution is 8.00. The van der Waals surface area contributed by atoms with Gasteiger partial charge in [0.2, 0.25) is 0 Å². The fourth-order valence-electron chi connectivity index (χ4n) is 1.88. The zero-order valence-electron chi connectivity index (χ0n) is 11.5. The second-order valence-corrected chi connectivity index (χ2v) is 6.72. The van der Waals surface area contributed by atoms with Crippen LogP contribution in [0.5, 0.6) is 0 Å². The van der Waals surface area contributed by atoms with Gasteiger partial charge in [-0.2, -0.15) is 0 Å². The lowest BCUT2D eigenvalue weighted by Gasteiger charge is -2.21. The number of hydrogen-bond acceptors (Lipinski definition) is 8. The summed E-state index contributed by atoms with van der Waals surface area (Å²) in [5.74, 6) is 1.18.